The summed E-state index contributed by atoms with van der Waals surface area (Å²) in [5.41, 5.74) is 5.59. The molecule has 0 unspecified atom stereocenters. The molecule has 3 aromatic rings. The number of hydrogen-bond donors (Lipinski definition) is 1. The first-order chi connectivity index (χ1) is 13.8. The maximum Gasteiger partial charge on any atom is 0.254 e. The number of amides is 2. The molecule has 150 valence electrons. The smallest absolute Gasteiger partial charge is 0.254 e. The van der Waals surface area contributed by atoms with E-state index >= 15 is 0 Å². The van der Waals surface area contributed by atoms with Crippen molar-refractivity contribution in [2.75, 3.05) is 18.9 Å². The second-order valence-corrected chi connectivity index (χ2v) is 7.38. The molecule has 0 radical (unpaired) electrons. The fourth-order valence-corrected chi connectivity index (χ4v) is 3.40. The molecule has 0 aliphatic heterocycles. The number of aromatic nitrogens is 2. The Labute approximate surface area is 171 Å². The van der Waals surface area contributed by atoms with Crippen molar-refractivity contribution in [2.24, 2.45) is 0 Å². The highest BCUT2D eigenvalue weighted by atomic mass is 16.2. The Balaban J connectivity index is 1.60. The van der Waals surface area contributed by atoms with Gasteiger partial charge in [0.15, 0.2) is 0 Å². The van der Waals surface area contributed by atoms with Crippen LogP contribution >= 0.6 is 0 Å². The fraction of sp³-hybridized carbons (Fsp3) is 0.261. The molecular formula is C23H26N4O2. The van der Waals surface area contributed by atoms with Gasteiger partial charge in [-0.05, 0) is 55.7 Å². The number of aryl methyl sites for hydroxylation is 3. The maximum absolute atomic E-state index is 12.7. The number of carbonyl (C=O) groups excluding carboxylic acids is 2. The third-order valence-corrected chi connectivity index (χ3v) is 4.77. The Morgan fingerprint density at radius 2 is 1.72 bits per heavy atom. The van der Waals surface area contributed by atoms with Gasteiger partial charge in [0.2, 0.25) is 5.91 Å². The molecule has 0 atom stereocenters. The van der Waals surface area contributed by atoms with Crippen LogP contribution in [0, 0.1) is 20.8 Å². The van der Waals surface area contributed by atoms with E-state index in [0.29, 0.717) is 12.1 Å². The molecule has 2 amide bonds. The highest BCUT2D eigenvalue weighted by Crippen LogP contribution is 2.21. The summed E-state index contributed by atoms with van der Waals surface area (Å²) in [5.74, 6) is -0.408. The van der Waals surface area contributed by atoms with Crippen LogP contribution in [0.25, 0.3) is 0 Å². The molecule has 2 aromatic carbocycles. The zero-order chi connectivity index (χ0) is 21.0. The molecule has 0 bridgehead atoms. The van der Waals surface area contributed by atoms with Crippen molar-refractivity contribution < 1.29 is 9.59 Å². The van der Waals surface area contributed by atoms with Crippen molar-refractivity contribution in [1.82, 2.24) is 14.7 Å². The summed E-state index contributed by atoms with van der Waals surface area (Å²) in [6.07, 6.45) is 3.63. The van der Waals surface area contributed by atoms with Gasteiger partial charge in [0, 0.05) is 30.7 Å². The Bertz CT molecular complexity index is 985. The van der Waals surface area contributed by atoms with Crippen LogP contribution in [0.3, 0.4) is 0 Å². The summed E-state index contributed by atoms with van der Waals surface area (Å²) >= 11 is 0. The third-order valence-electron chi connectivity index (χ3n) is 4.77. The first-order valence-corrected chi connectivity index (χ1v) is 9.53. The van der Waals surface area contributed by atoms with Crippen LogP contribution in [0.1, 0.15) is 32.6 Å². The Morgan fingerprint density at radius 1 is 1.07 bits per heavy atom. The first kappa shape index (κ1) is 20.3. The zero-order valence-electron chi connectivity index (χ0n) is 17.3. The second kappa shape index (κ2) is 8.73. The minimum absolute atomic E-state index is 0.0133. The van der Waals surface area contributed by atoms with Gasteiger partial charge in [0.05, 0.1) is 13.1 Å². The van der Waals surface area contributed by atoms with E-state index in [1.165, 1.54) is 4.90 Å². The number of nitrogens with one attached hydrogen (secondary N) is 1. The Morgan fingerprint density at radius 3 is 2.31 bits per heavy atom. The number of rotatable bonds is 6. The molecule has 0 saturated carbocycles. The Hall–Kier alpha value is -3.41. The minimum Gasteiger partial charge on any atom is -0.332 e. The highest BCUT2D eigenvalue weighted by Gasteiger charge is 2.16. The quantitative estimate of drug-likeness (QED) is 0.700. The van der Waals surface area contributed by atoms with E-state index in [0.717, 1.165) is 27.9 Å². The van der Waals surface area contributed by atoms with Gasteiger partial charge < -0.3 is 10.2 Å². The van der Waals surface area contributed by atoms with Gasteiger partial charge in [0.1, 0.15) is 0 Å². The van der Waals surface area contributed by atoms with Crippen molar-refractivity contribution in [3.8, 4) is 0 Å². The van der Waals surface area contributed by atoms with Crippen molar-refractivity contribution in [3.05, 3.63) is 82.7 Å². The maximum atomic E-state index is 12.7. The summed E-state index contributed by atoms with van der Waals surface area (Å²) in [7, 11) is 1.63. The first-order valence-electron chi connectivity index (χ1n) is 9.53. The van der Waals surface area contributed by atoms with E-state index in [4.69, 9.17) is 0 Å². The summed E-state index contributed by atoms with van der Waals surface area (Å²) in [6, 6.07) is 13.3. The van der Waals surface area contributed by atoms with Gasteiger partial charge >= 0.3 is 0 Å². The van der Waals surface area contributed by atoms with Crippen molar-refractivity contribution in [3.63, 3.8) is 0 Å². The van der Waals surface area contributed by atoms with E-state index in [1.54, 1.807) is 25.4 Å². The average Bonchev–Trinajstić information content (AvgIpc) is 3.17. The summed E-state index contributed by atoms with van der Waals surface area (Å²) < 4.78 is 1.82. The van der Waals surface area contributed by atoms with E-state index in [9.17, 15) is 9.59 Å². The summed E-state index contributed by atoms with van der Waals surface area (Å²) in [6.45, 7) is 6.60. The zero-order valence-corrected chi connectivity index (χ0v) is 17.3. The number of nitrogens with zero attached hydrogens (tertiary/aromatic N) is 3. The summed E-state index contributed by atoms with van der Waals surface area (Å²) in [4.78, 5) is 26.6. The molecule has 29 heavy (non-hydrogen) atoms. The van der Waals surface area contributed by atoms with Gasteiger partial charge in [-0.2, -0.15) is 5.10 Å². The number of carbonyl (C=O) groups is 2. The van der Waals surface area contributed by atoms with Crippen molar-refractivity contribution in [1.29, 1.82) is 0 Å². The molecule has 0 fully saturated rings. The lowest BCUT2D eigenvalue weighted by Crippen LogP contribution is -2.35. The minimum atomic E-state index is -0.216. The number of likely N-dealkylation sites (N-methyl/N-ethyl adjacent to an activating group) is 1. The molecule has 0 aliphatic rings. The van der Waals surface area contributed by atoms with Crippen LogP contribution in [-0.2, 0) is 11.3 Å². The average molecular weight is 390 g/mol. The van der Waals surface area contributed by atoms with Crippen molar-refractivity contribution >= 4 is 17.5 Å². The monoisotopic (exact) mass is 390 g/mol. The number of anilines is 1. The molecule has 6 heteroatoms. The lowest BCUT2D eigenvalue weighted by molar-refractivity contribution is -0.116. The molecule has 3 rings (SSSR count). The molecule has 0 spiro atoms. The van der Waals surface area contributed by atoms with Crippen LogP contribution in [0.5, 0.6) is 0 Å². The molecule has 0 aliphatic carbocycles. The van der Waals surface area contributed by atoms with E-state index in [-0.39, 0.29) is 18.4 Å². The van der Waals surface area contributed by atoms with Gasteiger partial charge in [0.25, 0.3) is 5.91 Å². The molecule has 1 heterocycles. The fourth-order valence-electron chi connectivity index (χ4n) is 3.40. The standard InChI is InChI=1S/C23H26N4O2/c1-16-12-17(2)22(18(3)13-16)25-21(28)15-26(4)23(29)20-8-6-19(7-9-20)14-27-11-5-10-24-27/h5-13H,14-15H2,1-4H3,(H,25,28). The van der Waals surface area contributed by atoms with Crippen LogP contribution in [0.4, 0.5) is 5.69 Å². The second-order valence-electron chi connectivity index (χ2n) is 7.38. The van der Waals surface area contributed by atoms with E-state index < -0.39 is 0 Å². The van der Waals surface area contributed by atoms with Gasteiger partial charge in [-0.3, -0.25) is 14.3 Å². The van der Waals surface area contributed by atoms with Gasteiger partial charge in [-0.25, -0.2) is 0 Å². The SMILES string of the molecule is Cc1cc(C)c(NC(=O)CN(C)C(=O)c2ccc(Cn3cccn3)cc2)c(C)c1. The predicted molar refractivity (Wildman–Crippen MR) is 114 cm³/mol. The van der Waals surface area contributed by atoms with Crippen molar-refractivity contribution in [2.45, 2.75) is 27.3 Å². The highest BCUT2D eigenvalue weighted by molar-refractivity contribution is 5.99. The lowest BCUT2D eigenvalue weighted by atomic mass is 10.1. The lowest BCUT2D eigenvalue weighted by Gasteiger charge is -2.18. The normalized spacial score (nSPS) is 10.6. The topological polar surface area (TPSA) is 67.2 Å². The number of hydrogen-bond acceptors (Lipinski definition) is 3. The number of benzene rings is 2. The summed E-state index contributed by atoms with van der Waals surface area (Å²) in [5, 5.41) is 7.11. The molecule has 1 N–H and O–H groups in total. The van der Waals surface area contributed by atoms with Crippen LogP contribution in [0.15, 0.2) is 54.9 Å². The van der Waals surface area contributed by atoms with E-state index in [2.05, 4.69) is 10.4 Å². The van der Waals surface area contributed by atoms with Crippen LogP contribution < -0.4 is 5.32 Å². The van der Waals surface area contributed by atoms with E-state index in [1.807, 2.05) is 62.0 Å². The molecule has 1 aromatic heterocycles. The van der Waals surface area contributed by atoms with Gasteiger partial charge in [-0.1, -0.05) is 29.8 Å². The van der Waals surface area contributed by atoms with Gasteiger partial charge in [-0.15, -0.1) is 0 Å². The molecular weight excluding hydrogens is 364 g/mol. The molecule has 6 nitrogen and oxygen atoms in total. The van der Waals surface area contributed by atoms with Crippen LogP contribution in [0.2, 0.25) is 0 Å². The third kappa shape index (κ3) is 5.10. The van der Waals surface area contributed by atoms with Crippen LogP contribution in [-0.4, -0.2) is 40.1 Å². The Kier molecular flexibility index (Phi) is 6.12. The largest absolute Gasteiger partial charge is 0.332 e. The molecule has 0 saturated heterocycles. The predicted octanol–water partition coefficient (Wildman–Crippen LogP) is 3.57.